The molecule has 5 nitrogen and oxygen atoms in total. The number of benzene rings is 2. The van der Waals surface area contributed by atoms with Gasteiger partial charge in [0.25, 0.3) is 0 Å². The Balaban J connectivity index is 0.932. The van der Waals surface area contributed by atoms with E-state index in [2.05, 4.69) is 47.0 Å². The minimum Gasteiger partial charge on any atom is -0.493 e. The molecule has 1 heterocycles. The van der Waals surface area contributed by atoms with Crippen molar-refractivity contribution >= 4 is 16.6 Å². The molecule has 0 saturated heterocycles. The lowest BCUT2D eigenvalue weighted by molar-refractivity contribution is 0.251. The van der Waals surface area contributed by atoms with Gasteiger partial charge in [0.1, 0.15) is 0 Å². The summed E-state index contributed by atoms with van der Waals surface area (Å²) >= 11 is 0. The van der Waals surface area contributed by atoms with Gasteiger partial charge in [-0.15, -0.1) is 0 Å². The first kappa shape index (κ1) is 26.4. The average Bonchev–Trinajstić information content (AvgIpc) is 3.37. The number of pyridine rings is 1. The number of aromatic nitrogens is 1. The predicted octanol–water partition coefficient (Wildman–Crippen LogP) is 6.89. The zero-order chi connectivity index (χ0) is 26.6. The molecule has 0 amide bonds. The first-order chi connectivity index (χ1) is 19.2. The molecule has 3 aliphatic rings. The monoisotopic (exact) mass is 527 g/mol. The second-order valence-electron chi connectivity index (χ2n) is 12.1. The molecule has 1 fully saturated rings. The van der Waals surface area contributed by atoms with Crippen LogP contribution < -0.4 is 20.1 Å². The number of hydrogen-bond donors (Lipinski definition) is 2. The van der Waals surface area contributed by atoms with Crippen LogP contribution in [0.5, 0.6) is 11.5 Å². The SMILES string of the molecule is COc1cc2c(cc1OC)CC(CC1CCC(NCCCNc3c4c(nc5ccccc35)CCCC4)CC1)C2. The molecule has 3 aliphatic carbocycles. The minimum atomic E-state index is 0.685. The zero-order valence-corrected chi connectivity index (χ0v) is 23.9. The Morgan fingerprint density at radius 1 is 0.846 bits per heavy atom. The fourth-order valence-electron chi connectivity index (χ4n) is 7.46. The molecule has 6 rings (SSSR count). The van der Waals surface area contributed by atoms with Gasteiger partial charge >= 0.3 is 0 Å². The highest BCUT2D eigenvalue weighted by molar-refractivity contribution is 5.93. The van der Waals surface area contributed by atoms with Crippen LogP contribution in [0.2, 0.25) is 0 Å². The fourth-order valence-corrected chi connectivity index (χ4v) is 7.46. The quantitative estimate of drug-likeness (QED) is 0.281. The molecular formula is C34H45N3O2. The Kier molecular flexibility index (Phi) is 8.24. The molecule has 1 aromatic heterocycles. The van der Waals surface area contributed by atoms with Crippen molar-refractivity contribution in [1.29, 1.82) is 0 Å². The highest BCUT2D eigenvalue weighted by Gasteiger charge is 2.28. The van der Waals surface area contributed by atoms with Crippen molar-refractivity contribution in [2.45, 2.75) is 83.1 Å². The van der Waals surface area contributed by atoms with Crippen molar-refractivity contribution in [3.63, 3.8) is 0 Å². The van der Waals surface area contributed by atoms with Crippen molar-refractivity contribution in [3.05, 3.63) is 58.8 Å². The van der Waals surface area contributed by atoms with Gasteiger partial charge in [-0.1, -0.05) is 18.2 Å². The summed E-state index contributed by atoms with van der Waals surface area (Å²) in [6.45, 7) is 2.11. The van der Waals surface area contributed by atoms with Crippen LogP contribution in [0.4, 0.5) is 5.69 Å². The summed E-state index contributed by atoms with van der Waals surface area (Å²) < 4.78 is 11.1. The molecule has 0 aliphatic heterocycles. The maximum atomic E-state index is 5.53. The first-order valence-electron chi connectivity index (χ1n) is 15.3. The van der Waals surface area contributed by atoms with Crippen LogP contribution in [0.15, 0.2) is 36.4 Å². The van der Waals surface area contributed by atoms with Gasteiger partial charge in [0.15, 0.2) is 11.5 Å². The third-order valence-corrected chi connectivity index (χ3v) is 9.49. The van der Waals surface area contributed by atoms with Gasteiger partial charge in [-0.05, 0) is 130 Å². The van der Waals surface area contributed by atoms with Gasteiger partial charge in [-0.3, -0.25) is 4.98 Å². The number of fused-ring (bicyclic) bond motifs is 3. The predicted molar refractivity (Wildman–Crippen MR) is 160 cm³/mol. The number of hydrogen-bond acceptors (Lipinski definition) is 5. The van der Waals surface area contributed by atoms with Gasteiger partial charge in [0.2, 0.25) is 0 Å². The first-order valence-corrected chi connectivity index (χ1v) is 15.3. The molecule has 0 unspecified atom stereocenters. The third-order valence-electron chi connectivity index (χ3n) is 9.49. The molecular weight excluding hydrogens is 482 g/mol. The van der Waals surface area contributed by atoms with Crippen molar-refractivity contribution in [2.24, 2.45) is 11.8 Å². The molecule has 1 saturated carbocycles. The molecule has 0 atom stereocenters. The van der Waals surface area contributed by atoms with Crippen molar-refractivity contribution in [3.8, 4) is 11.5 Å². The number of rotatable bonds is 10. The van der Waals surface area contributed by atoms with Gasteiger partial charge in [-0.2, -0.15) is 0 Å². The fraction of sp³-hybridized carbons (Fsp3) is 0.559. The topological polar surface area (TPSA) is 55.4 Å². The Morgan fingerprint density at radius 2 is 1.56 bits per heavy atom. The number of ether oxygens (including phenoxy) is 2. The Morgan fingerprint density at radius 3 is 2.31 bits per heavy atom. The summed E-state index contributed by atoms with van der Waals surface area (Å²) in [6, 6.07) is 13.7. The number of aryl methyl sites for hydroxylation is 1. The smallest absolute Gasteiger partial charge is 0.161 e. The van der Waals surface area contributed by atoms with Gasteiger partial charge in [0, 0.05) is 29.4 Å². The summed E-state index contributed by atoms with van der Waals surface area (Å²) in [5, 5.41) is 8.99. The molecule has 5 heteroatoms. The van der Waals surface area contributed by atoms with E-state index in [9.17, 15) is 0 Å². The standard InChI is InChI=1S/C34H45N3O2/c1-38-32-21-25-19-24(20-26(25)22-33(32)39-2)18-23-12-14-27(15-13-23)35-16-7-17-36-34-28-8-3-5-10-30(28)37-31-11-6-4-9-29(31)34/h3,5,8,10,21-24,27,35H,4,6-7,9,11-20H2,1-2H3,(H,36,37). The van der Waals surface area contributed by atoms with E-state index in [0.29, 0.717) is 6.04 Å². The third kappa shape index (κ3) is 5.89. The van der Waals surface area contributed by atoms with Crippen LogP contribution >= 0.6 is 0 Å². The molecule has 2 aromatic carbocycles. The van der Waals surface area contributed by atoms with Crippen LogP contribution in [0, 0.1) is 11.8 Å². The highest BCUT2D eigenvalue weighted by atomic mass is 16.5. The molecule has 39 heavy (non-hydrogen) atoms. The Hall–Kier alpha value is -2.79. The maximum Gasteiger partial charge on any atom is 0.161 e. The number of methoxy groups -OCH3 is 2. The van der Waals surface area contributed by atoms with E-state index < -0.39 is 0 Å². The van der Waals surface area contributed by atoms with Crippen LogP contribution in [0.25, 0.3) is 10.9 Å². The average molecular weight is 528 g/mol. The van der Waals surface area contributed by atoms with Crippen molar-refractivity contribution in [2.75, 3.05) is 32.6 Å². The van der Waals surface area contributed by atoms with Gasteiger partial charge in [-0.25, -0.2) is 0 Å². The molecule has 3 aromatic rings. The second-order valence-corrected chi connectivity index (χ2v) is 12.1. The second kappa shape index (κ2) is 12.2. The number of nitrogens with one attached hydrogen (secondary N) is 2. The molecule has 0 radical (unpaired) electrons. The number of nitrogens with zero attached hydrogens (tertiary/aromatic N) is 1. The van der Waals surface area contributed by atoms with E-state index in [1.165, 1.54) is 91.2 Å². The van der Waals surface area contributed by atoms with Gasteiger partial charge < -0.3 is 20.1 Å². The zero-order valence-electron chi connectivity index (χ0n) is 23.9. The molecule has 2 N–H and O–H groups in total. The normalized spacial score (nSPS) is 21.0. The van der Waals surface area contributed by atoms with Gasteiger partial charge in [0.05, 0.1) is 19.7 Å². The van der Waals surface area contributed by atoms with Crippen molar-refractivity contribution in [1.82, 2.24) is 10.3 Å². The van der Waals surface area contributed by atoms with E-state index in [4.69, 9.17) is 14.5 Å². The van der Waals surface area contributed by atoms with E-state index in [-0.39, 0.29) is 0 Å². The number of para-hydroxylation sites is 1. The maximum absolute atomic E-state index is 5.53. The molecule has 0 bridgehead atoms. The summed E-state index contributed by atoms with van der Waals surface area (Å²) in [4.78, 5) is 4.98. The minimum absolute atomic E-state index is 0.685. The van der Waals surface area contributed by atoms with E-state index in [0.717, 1.165) is 61.2 Å². The molecule has 0 spiro atoms. The summed E-state index contributed by atoms with van der Waals surface area (Å²) in [7, 11) is 3.46. The Bertz CT molecular complexity index is 1250. The van der Waals surface area contributed by atoms with Crippen LogP contribution in [-0.2, 0) is 25.7 Å². The van der Waals surface area contributed by atoms with Crippen LogP contribution in [0.1, 0.15) is 73.8 Å². The van der Waals surface area contributed by atoms with E-state index in [1.54, 1.807) is 14.2 Å². The largest absolute Gasteiger partial charge is 0.493 e. The summed E-state index contributed by atoms with van der Waals surface area (Å²) in [5.41, 5.74) is 8.19. The van der Waals surface area contributed by atoms with Crippen molar-refractivity contribution < 1.29 is 9.47 Å². The Labute approximate surface area is 234 Å². The lowest BCUT2D eigenvalue weighted by atomic mass is 9.80. The molecule has 208 valence electrons. The van der Waals surface area contributed by atoms with E-state index in [1.807, 2.05) is 0 Å². The summed E-state index contributed by atoms with van der Waals surface area (Å²) in [6.07, 6.45) is 15.1. The lowest BCUT2D eigenvalue weighted by Crippen LogP contribution is -2.34. The van der Waals surface area contributed by atoms with Crippen LogP contribution in [-0.4, -0.2) is 38.3 Å². The summed E-state index contributed by atoms with van der Waals surface area (Å²) in [5.74, 6) is 3.38. The van der Waals surface area contributed by atoms with Crippen LogP contribution in [0.3, 0.4) is 0 Å². The lowest BCUT2D eigenvalue weighted by Gasteiger charge is -2.30. The van der Waals surface area contributed by atoms with E-state index >= 15 is 0 Å². The highest BCUT2D eigenvalue weighted by Crippen LogP contribution is 2.40. The number of anilines is 1.